The maximum Gasteiger partial charge on any atom is 0.0840 e. The van der Waals surface area contributed by atoms with E-state index in [1.807, 2.05) is 38.4 Å². The molecule has 0 unspecified atom stereocenters. The van der Waals surface area contributed by atoms with Gasteiger partial charge in [-0.1, -0.05) is 29.4 Å². The fraction of sp³-hybridized carbons (Fsp3) is 0.364. The third kappa shape index (κ3) is 2.57. The lowest BCUT2D eigenvalue weighted by molar-refractivity contribution is 0.319. The number of hydrogen-bond acceptors (Lipinski definition) is 3. The van der Waals surface area contributed by atoms with Crippen molar-refractivity contribution in [3.8, 4) is 0 Å². The first kappa shape index (κ1) is 10.7. The normalized spacial score (nSPS) is 12.1. The highest BCUT2D eigenvalue weighted by Gasteiger charge is 2.05. The molecule has 0 saturated heterocycles. The van der Waals surface area contributed by atoms with Crippen molar-refractivity contribution >= 4 is 5.71 Å². The van der Waals surface area contributed by atoms with Crippen LogP contribution in [0, 0.1) is 0 Å². The number of nitrogens with zero attached hydrogens (tertiary/aromatic N) is 2. The summed E-state index contributed by atoms with van der Waals surface area (Å²) in [5, 5.41) is 11.9. The Morgan fingerprint density at radius 1 is 1.36 bits per heavy atom. The topological polar surface area (TPSA) is 35.8 Å². The van der Waals surface area contributed by atoms with Crippen molar-refractivity contribution in [3.63, 3.8) is 0 Å². The van der Waals surface area contributed by atoms with E-state index in [-0.39, 0.29) is 0 Å². The maximum atomic E-state index is 8.72. The summed E-state index contributed by atoms with van der Waals surface area (Å²) in [5.41, 5.74) is 2.83. The molecule has 0 aliphatic rings. The van der Waals surface area contributed by atoms with Crippen molar-refractivity contribution in [2.24, 2.45) is 5.16 Å². The molecule has 0 aliphatic carbocycles. The largest absolute Gasteiger partial charge is 0.411 e. The molecular formula is C11H16N2O. The fourth-order valence-corrected chi connectivity index (χ4v) is 1.41. The van der Waals surface area contributed by atoms with Gasteiger partial charge in [-0.15, -0.1) is 0 Å². The summed E-state index contributed by atoms with van der Waals surface area (Å²) in [4.78, 5) is 2.09. The third-order valence-corrected chi connectivity index (χ3v) is 2.04. The van der Waals surface area contributed by atoms with Gasteiger partial charge >= 0.3 is 0 Å². The molecule has 0 atom stereocenters. The van der Waals surface area contributed by atoms with Gasteiger partial charge in [0.2, 0.25) is 0 Å². The average molecular weight is 192 g/mol. The van der Waals surface area contributed by atoms with Crippen LogP contribution in [0.25, 0.3) is 0 Å². The van der Waals surface area contributed by atoms with Crippen LogP contribution in [0.15, 0.2) is 29.4 Å². The van der Waals surface area contributed by atoms with Crippen LogP contribution in [0.3, 0.4) is 0 Å². The molecule has 0 bridgehead atoms. The standard InChI is InChI=1S/C11H16N2O/c1-9(12-14)11-7-5-4-6-10(11)8-13(2)3/h4-7,14H,8H2,1-3H3/b12-9+. The van der Waals surface area contributed by atoms with Crippen molar-refractivity contribution < 1.29 is 5.21 Å². The van der Waals surface area contributed by atoms with Crippen LogP contribution in [0.2, 0.25) is 0 Å². The van der Waals surface area contributed by atoms with Crippen LogP contribution < -0.4 is 0 Å². The molecule has 1 rings (SSSR count). The number of benzene rings is 1. The smallest absolute Gasteiger partial charge is 0.0840 e. The zero-order chi connectivity index (χ0) is 10.6. The van der Waals surface area contributed by atoms with Crippen molar-refractivity contribution in [2.75, 3.05) is 14.1 Å². The first-order valence-electron chi connectivity index (χ1n) is 4.57. The molecule has 0 fully saturated rings. The van der Waals surface area contributed by atoms with Gasteiger partial charge in [-0.3, -0.25) is 0 Å². The molecule has 1 aromatic rings. The Hall–Kier alpha value is -1.35. The molecule has 3 heteroatoms. The Kier molecular flexibility index (Phi) is 3.65. The van der Waals surface area contributed by atoms with Gasteiger partial charge in [0.15, 0.2) is 0 Å². The Balaban J connectivity index is 3.03. The van der Waals surface area contributed by atoms with Crippen molar-refractivity contribution in [1.29, 1.82) is 0 Å². The molecule has 0 saturated carbocycles. The predicted octanol–water partition coefficient (Wildman–Crippen LogP) is 1.95. The first-order valence-corrected chi connectivity index (χ1v) is 4.57. The van der Waals surface area contributed by atoms with Gasteiger partial charge in [0, 0.05) is 12.1 Å². The molecule has 0 radical (unpaired) electrons. The molecule has 3 nitrogen and oxygen atoms in total. The third-order valence-electron chi connectivity index (χ3n) is 2.04. The van der Waals surface area contributed by atoms with E-state index in [9.17, 15) is 0 Å². The second-order valence-corrected chi connectivity index (χ2v) is 3.58. The highest BCUT2D eigenvalue weighted by molar-refractivity contribution is 5.99. The Labute approximate surface area is 84.7 Å². The van der Waals surface area contributed by atoms with Crippen molar-refractivity contribution in [2.45, 2.75) is 13.5 Å². The lowest BCUT2D eigenvalue weighted by Gasteiger charge is -2.13. The van der Waals surface area contributed by atoms with E-state index in [2.05, 4.69) is 10.1 Å². The van der Waals surface area contributed by atoms with Gasteiger partial charge in [0.1, 0.15) is 0 Å². The molecule has 0 amide bonds. The van der Waals surface area contributed by atoms with Crippen LogP contribution in [0.4, 0.5) is 0 Å². The summed E-state index contributed by atoms with van der Waals surface area (Å²) in [6, 6.07) is 7.95. The molecule has 1 aromatic carbocycles. The zero-order valence-corrected chi connectivity index (χ0v) is 8.86. The van der Waals surface area contributed by atoms with E-state index in [1.54, 1.807) is 6.92 Å². The summed E-state index contributed by atoms with van der Waals surface area (Å²) in [7, 11) is 4.03. The van der Waals surface area contributed by atoms with Gasteiger partial charge in [-0.05, 0) is 26.6 Å². The second kappa shape index (κ2) is 4.77. The summed E-state index contributed by atoms with van der Waals surface area (Å²) in [6.45, 7) is 2.65. The highest BCUT2D eigenvalue weighted by Crippen LogP contribution is 2.11. The van der Waals surface area contributed by atoms with Crippen molar-refractivity contribution in [3.05, 3.63) is 35.4 Å². The van der Waals surface area contributed by atoms with Crippen molar-refractivity contribution in [1.82, 2.24) is 4.90 Å². The molecular weight excluding hydrogens is 176 g/mol. The highest BCUT2D eigenvalue weighted by atomic mass is 16.4. The summed E-state index contributed by atoms with van der Waals surface area (Å²) >= 11 is 0. The fourth-order valence-electron chi connectivity index (χ4n) is 1.41. The maximum absolute atomic E-state index is 8.72. The SMILES string of the molecule is C/C(=N\O)c1ccccc1CN(C)C. The van der Waals surface area contributed by atoms with Crippen LogP contribution >= 0.6 is 0 Å². The van der Waals surface area contributed by atoms with Gasteiger partial charge in [0.25, 0.3) is 0 Å². The quantitative estimate of drug-likeness (QED) is 0.451. The van der Waals surface area contributed by atoms with E-state index in [0.29, 0.717) is 5.71 Å². The number of hydrogen-bond donors (Lipinski definition) is 1. The molecule has 0 heterocycles. The Morgan fingerprint density at radius 3 is 2.57 bits per heavy atom. The number of oxime groups is 1. The van der Waals surface area contributed by atoms with E-state index in [0.717, 1.165) is 12.1 Å². The van der Waals surface area contributed by atoms with E-state index >= 15 is 0 Å². The van der Waals surface area contributed by atoms with Crippen LogP contribution in [-0.2, 0) is 6.54 Å². The van der Waals surface area contributed by atoms with Gasteiger partial charge in [-0.25, -0.2) is 0 Å². The van der Waals surface area contributed by atoms with Crippen LogP contribution in [0.5, 0.6) is 0 Å². The Morgan fingerprint density at radius 2 is 2.00 bits per heavy atom. The molecule has 1 N–H and O–H groups in total. The minimum Gasteiger partial charge on any atom is -0.411 e. The molecule has 14 heavy (non-hydrogen) atoms. The summed E-state index contributed by atoms with van der Waals surface area (Å²) < 4.78 is 0. The second-order valence-electron chi connectivity index (χ2n) is 3.58. The van der Waals surface area contributed by atoms with Crippen LogP contribution in [-0.4, -0.2) is 29.9 Å². The van der Waals surface area contributed by atoms with Gasteiger partial charge < -0.3 is 10.1 Å². The van der Waals surface area contributed by atoms with Gasteiger partial charge in [0.05, 0.1) is 5.71 Å². The van der Waals surface area contributed by atoms with Gasteiger partial charge in [-0.2, -0.15) is 0 Å². The molecule has 76 valence electrons. The zero-order valence-electron chi connectivity index (χ0n) is 8.86. The monoisotopic (exact) mass is 192 g/mol. The molecule has 0 aromatic heterocycles. The average Bonchev–Trinajstić information content (AvgIpc) is 2.16. The molecule has 0 spiro atoms. The minimum absolute atomic E-state index is 0.655. The van der Waals surface area contributed by atoms with E-state index < -0.39 is 0 Å². The lowest BCUT2D eigenvalue weighted by atomic mass is 10.0. The predicted molar refractivity (Wildman–Crippen MR) is 57.8 cm³/mol. The minimum atomic E-state index is 0.655. The summed E-state index contributed by atoms with van der Waals surface area (Å²) in [6.07, 6.45) is 0. The number of rotatable bonds is 3. The molecule has 0 aliphatic heterocycles. The van der Waals surface area contributed by atoms with E-state index in [4.69, 9.17) is 5.21 Å². The van der Waals surface area contributed by atoms with E-state index in [1.165, 1.54) is 5.56 Å². The first-order chi connectivity index (χ1) is 6.65. The summed E-state index contributed by atoms with van der Waals surface area (Å²) in [5.74, 6) is 0. The lowest BCUT2D eigenvalue weighted by Crippen LogP contribution is -2.13. The Bertz CT molecular complexity index is 332. The van der Waals surface area contributed by atoms with Crippen LogP contribution in [0.1, 0.15) is 18.1 Å².